The lowest BCUT2D eigenvalue weighted by molar-refractivity contribution is -0.146. The molecule has 0 saturated heterocycles. The van der Waals surface area contributed by atoms with Gasteiger partial charge in [0.05, 0.1) is 24.1 Å². The summed E-state index contributed by atoms with van der Waals surface area (Å²) < 4.78 is 0. The Labute approximate surface area is 118 Å². The standard InChI is InChI=1S/C15H20N2O3/c1-9-6-12(13(7-9)15(19)20)14(18)16-8-11-5-3-4-10(2)17-11/h3-5,9,12-13H,6-8H2,1-2H3,(H,16,18)(H,19,20). The number of carbonyl (C=O) groups excluding carboxylic acids is 1. The third kappa shape index (κ3) is 3.35. The highest BCUT2D eigenvalue weighted by atomic mass is 16.4. The largest absolute Gasteiger partial charge is 0.481 e. The van der Waals surface area contributed by atoms with E-state index in [1.165, 1.54) is 0 Å². The minimum atomic E-state index is -0.872. The second-order valence-electron chi connectivity index (χ2n) is 5.62. The van der Waals surface area contributed by atoms with Gasteiger partial charge in [-0.25, -0.2) is 0 Å². The van der Waals surface area contributed by atoms with Crippen LogP contribution in [0.25, 0.3) is 0 Å². The fourth-order valence-corrected chi connectivity index (χ4v) is 2.86. The average Bonchev–Trinajstić information content (AvgIpc) is 2.78. The van der Waals surface area contributed by atoms with Crippen molar-refractivity contribution in [3.8, 4) is 0 Å². The van der Waals surface area contributed by atoms with Gasteiger partial charge >= 0.3 is 5.97 Å². The summed E-state index contributed by atoms with van der Waals surface area (Å²) in [5, 5.41) is 12.0. The molecule has 0 aromatic carbocycles. The van der Waals surface area contributed by atoms with Gasteiger partial charge in [0.1, 0.15) is 0 Å². The first-order chi connectivity index (χ1) is 9.47. The summed E-state index contributed by atoms with van der Waals surface area (Å²) in [7, 11) is 0. The lowest BCUT2D eigenvalue weighted by atomic mass is 9.95. The summed E-state index contributed by atoms with van der Waals surface area (Å²) in [6.45, 7) is 4.23. The third-order valence-corrected chi connectivity index (χ3v) is 3.84. The van der Waals surface area contributed by atoms with Crippen LogP contribution in [0.15, 0.2) is 18.2 Å². The van der Waals surface area contributed by atoms with Crippen LogP contribution >= 0.6 is 0 Å². The molecule has 1 amide bonds. The van der Waals surface area contributed by atoms with Crippen LogP contribution in [-0.2, 0) is 16.1 Å². The number of nitrogens with one attached hydrogen (secondary N) is 1. The number of carboxylic acid groups (broad SMARTS) is 1. The zero-order valence-corrected chi connectivity index (χ0v) is 11.8. The third-order valence-electron chi connectivity index (χ3n) is 3.84. The van der Waals surface area contributed by atoms with E-state index in [0.29, 0.717) is 19.4 Å². The van der Waals surface area contributed by atoms with Gasteiger partial charge in [-0.2, -0.15) is 0 Å². The van der Waals surface area contributed by atoms with E-state index in [0.717, 1.165) is 11.4 Å². The maximum absolute atomic E-state index is 12.2. The van der Waals surface area contributed by atoms with Crippen molar-refractivity contribution >= 4 is 11.9 Å². The molecule has 5 nitrogen and oxygen atoms in total. The van der Waals surface area contributed by atoms with Crippen LogP contribution < -0.4 is 5.32 Å². The van der Waals surface area contributed by atoms with Crippen molar-refractivity contribution in [2.75, 3.05) is 0 Å². The molecule has 1 aliphatic carbocycles. The van der Waals surface area contributed by atoms with Gasteiger partial charge in [-0.3, -0.25) is 14.6 Å². The van der Waals surface area contributed by atoms with Gasteiger partial charge in [-0.15, -0.1) is 0 Å². The number of aliphatic carboxylic acids is 1. The van der Waals surface area contributed by atoms with Crippen LogP contribution in [0.4, 0.5) is 0 Å². The van der Waals surface area contributed by atoms with Gasteiger partial charge in [0.15, 0.2) is 0 Å². The summed E-state index contributed by atoms with van der Waals surface area (Å²) in [5.41, 5.74) is 1.69. The Morgan fingerprint density at radius 2 is 2.05 bits per heavy atom. The minimum absolute atomic E-state index is 0.176. The molecule has 1 saturated carbocycles. The number of rotatable bonds is 4. The molecule has 0 aliphatic heterocycles. The van der Waals surface area contributed by atoms with Crippen LogP contribution in [0.3, 0.4) is 0 Å². The van der Waals surface area contributed by atoms with Crippen LogP contribution in [-0.4, -0.2) is 22.0 Å². The summed E-state index contributed by atoms with van der Waals surface area (Å²) in [6.07, 6.45) is 1.22. The van der Waals surface area contributed by atoms with Gasteiger partial charge < -0.3 is 10.4 Å². The Hall–Kier alpha value is -1.91. The van der Waals surface area contributed by atoms with E-state index in [-0.39, 0.29) is 11.8 Å². The van der Waals surface area contributed by atoms with Crippen LogP contribution in [0.1, 0.15) is 31.2 Å². The highest BCUT2D eigenvalue weighted by Gasteiger charge is 2.40. The first-order valence-electron chi connectivity index (χ1n) is 6.90. The van der Waals surface area contributed by atoms with E-state index in [9.17, 15) is 14.7 Å². The molecule has 3 atom stereocenters. The molecule has 3 unspecified atom stereocenters. The topological polar surface area (TPSA) is 79.3 Å². The second-order valence-corrected chi connectivity index (χ2v) is 5.62. The Bertz CT molecular complexity index is 516. The predicted octanol–water partition coefficient (Wildman–Crippen LogP) is 1.75. The minimum Gasteiger partial charge on any atom is -0.481 e. The molecular weight excluding hydrogens is 256 g/mol. The number of nitrogens with zero attached hydrogens (tertiary/aromatic N) is 1. The fraction of sp³-hybridized carbons (Fsp3) is 0.533. The Kier molecular flexibility index (Phi) is 4.37. The number of aryl methyl sites for hydroxylation is 1. The van der Waals surface area contributed by atoms with Crippen molar-refractivity contribution in [3.05, 3.63) is 29.6 Å². The quantitative estimate of drug-likeness (QED) is 0.878. The zero-order valence-electron chi connectivity index (χ0n) is 11.8. The molecule has 1 aliphatic rings. The normalized spacial score (nSPS) is 25.4. The molecule has 0 bridgehead atoms. The van der Waals surface area contributed by atoms with Gasteiger partial charge in [0, 0.05) is 5.69 Å². The van der Waals surface area contributed by atoms with Crippen LogP contribution in [0.2, 0.25) is 0 Å². The predicted molar refractivity (Wildman–Crippen MR) is 73.8 cm³/mol. The summed E-state index contributed by atoms with van der Waals surface area (Å²) in [6, 6.07) is 5.63. The molecule has 2 N–H and O–H groups in total. The molecule has 1 aromatic rings. The number of aromatic nitrogens is 1. The van der Waals surface area contributed by atoms with Crippen molar-refractivity contribution in [1.82, 2.24) is 10.3 Å². The smallest absolute Gasteiger partial charge is 0.307 e. The van der Waals surface area contributed by atoms with Crippen molar-refractivity contribution in [2.24, 2.45) is 17.8 Å². The van der Waals surface area contributed by atoms with Crippen molar-refractivity contribution in [3.63, 3.8) is 0 Å². The number of carbonyl (C=O) groups is 2. The van der Waals surface area contributed by atoms with E-state index in [4.69, 9.17) is 0 Å². The molecule has 2 rings (SSSR count). The monoisotopic (exact) mass is 276 g/mol. The van der Waals surface area contributed by atoms with Crippen LogP contribution in [0.5, 0.6) is 0 Å². The van der Waals surface area contributed by atoms with Gasteiger partial charge in [0.2, 0.25) is 5.91 Å². The molecule has 0 radical (unpaired) electrons. The molecule has 1 heterocycles. The number of pyridine rings is 1. The Morgan fingerprint density at radius 3 is 2.70 bits per heavy atom. The Balaban J connectivity index is 1.96. The number of hydrogen-bond donors (Lipinski definition) is 2. The van der Waals surface area contributed by atoms with E-state index < -0.39 is 17.8 Å². The first-order valence-corrected chi connectivity index (χ1v) is 6.90. The average molecular weight is 276 g/mol. The molecule has 20 heavy (non-hydrogen) atoms. The molecule has 0 spiro atoms. The summed E-state index contributed by atoms with van der Waals surface area (Å²) in [5.74, 6) is -1.75. The van der Waals surface area contributed by atoms with Crippen molar-refractivity contribution in [2.45, 2.75) is 33.2 Å². The lowest BCUT2D eigenvalue weighted by Crippen LogP contribution is -2.35. The van der Waals surface area contributed by atoms with Gasteiger partial charge in [-0.05, 0) is 37.8 Å². The summed E-state index contributed by atoms with van der Waals surface area (Å²) >= 11 is 0. The first kappa shape index (κ1) is 14.5. The molecular formula is C15H20N2O3. The maximum Gasteiger partial charge on any atom is 0.307 e. The molecule has 108 valence electrons. The summed E-state index contributed by atoms with van der Waals surface area (Å²) in [4.78, 5) is 27.7. The van der Waals surface area contributed by atoms with Gasteiger partial charge in [-0.1, -0.05) is 13.0 Å². The van der Waals surface area contributed by atoms with E-state index in [1.807, 2.05) is 32.0 Å². The van der Waals surface area contributed by atoms with E-state index >= 15 is 0 Å². The maximum atomic E-state index is 12.2. The van der Waals surface area contributed by atoms with E-state index in [1.54, 1.807) is 0 Å². The highest BCUT2D eigenvalue weighted by molar-refractivity contribution is 5.85. The molecule has 5 heteroatoms. The zero-order chi connectivity index (χ0) is 14.7. The van der Waals surface area contributed by atoms with E-state index in [2.05, 4.69) is 10.3 Å². The van der Waals surface area contributed by atoms with Crippen molar-refractivity contribution in [1.29, 1.82) is 0 Å². The van der Waals surface area contributed by atoms with Crippen LogP contribution in [0, 0.1) is 24.7 Å². The Morgan fingerprint density at radius 1 is 1.35 bits per heavy atom. The number of carboxylic acids is 1. The van der Waals surface area contributed by atoms with Crippen molar-refractivity contribution < 1.29 is 14.7 Å². The fourth-order valence-electron chi connectivity index (χ4n) is 2.86. The highest BCUT2D eigenvalue weighted by Crippen LogP contribution is 2.36. The number of hydrogen-bond acceptors (Lipinski definition) is 3. The SMILES string of the molecule is Cc1cccc(CNC(=O)C2CC(C)CC2C(=O)O)n1. The number of amides is 1. The molecule has 1 aromatic heterocycles. The second kappa shape index (κ2) is 6.03. The lowest BCUT2D eigenvalue weighted by Gasteiger charge is -2.15. The van der Waals surface area contributed by atoms with Gasteiger partial charge in [0.25, 0.3) is 0 Å². The molecule has 1 fully saturated rings.